The molecule has 0 aliphatic rings. The van der Waals surface area contributed by atoms with Gasteiger partial charge in [0.25, 0.3) is 0 Å². The molecule has 0 amide bonds. The average molecular weight is 499 g/mol. The molecular weight excluding hydrogens is 484 g/mol. The minimum atomic E-state index is 0.733. The molecule has 1 heteroatoms. The summed E-state index contributed by atoms with van der Waals surface area (Å²) in [6, 6.07) is 10.2. The molecule has 1 nitrogen and oxygen atoms in total. The number of rotatable bonds is 3. The Bertz CT molecular complexity index is 1830. The predicted octanol–water partition coefficient (Wildman–Crippen LogP) is 2.52. The van der Waals surface area contributed by atoms with Crippen LogP contribution in [0.4, 0.5) is 0 Å². The van der Waals surface area contributed by atoms with Crippen LogP contribution in [0.5, 0.6) is 0 Å². The second-order valence-electron chi connectivity index (χ2n) is 5.66. The predicted molar refractivity (Wildman–Crippen MR) is 161 cm³/mol. The van der Waals surface area contributed by atoms with Gasteiger partial charge in [-0.1, -0.05) is 30.3 Å². The molecule has 0 fully saturated rings. The molecule has 0 radical (unpaired) electrons. The van der Waals surface area contributed by atoms with E-state index in [-0.39, 0.29) is 0 Å². The molecule has 1 aromatic carbocycles. The molecule has 1 rings (SSSR count). The number of hydrogen-bond donors (Lipinski definition) is 0. The highest BCUT2D eigenvalue weighted by molar-refractivity contribution is 5.48. The zero-order valence-corrected chi connectivity index (χ0v) is 21.4. The third-order valence-electron chi connectivity index (χ3n) is 3.02. The summed E-state index contributed by atoms with van der Waals surface area (Å²) in [5.41, 5.74) is 1.24. The Morgan fingerprint density at radius 2 is 0.675 bits per heavy atom. The van der Waals surface area contributed by atoms with Crippen LogP contribution in [0.2, 0.25) is 0 Å². The van der Waals surface area contributed by atoms with Crippen molar-refractivity contribution >= 4 is 0 Å². The first-order valence-corrected chi connectivity index (χ1v) is 10.9. The fourth-order valence-electron chi connectivity index (χ4n) is 1.62. The average Bonchev–Trinajstić information content (AvgIpc) is 2.99. The Labute approximate surface area is 239 Å². The van der Waals surface area contributed by atoms with Crippen molar-refractivity contribution in [3.8, 4) is 179 Å². The second-order valence-corrected chi connectivity index (χ2v) is 5.66. The van der Waals surface area contributed by atoms with E-state index in [1.54, 1.807) is 0 Å². The zero-order chi connectivity index (χ0) is 29.0. The van der Waals surface area contributed by atoms with E-state index >= 15 is 0 Å². The van der Waals surface area contributed by atoms with E-state index in [0.717, 1.165) is 13.2 Å². The van der Waals surface area contributed by atoms with Gasteiger partial charge in [-0.25, -0.2) is 0 Å². The highest BCUT2D eigenvalue weighted by atomic mass is 16.5. The van der Waals surface area contributed by atoms with Crippen molar-refractivity contribution in [3.05, 3.63) is 35.9 Å². The number of terminal acetylenes is 2. The summed E-state index contributed by atoms with van der Waals surface area (Å²) in [5.74, 6) is 68.2. The zero-order valence-electron chi connectivity index (χ0n) is 21.4. The Kier molecular flexibility index (Phi) is 24.1. The summed E-state index contributed by atoms with van der Waals surface area (Å²) < 4.78 is 5.22. The van der Waals surface area contributed by atoms with Gasteiger partial charge in [-0.2, -0.15) is 0 Å². The maximum Gasteiger partial charge on any atom is 0.0716 e. The monoisotopic (exact) mass is 498 g/mol. The Hall–Kier alpha value is -7.42. The maximum atomic E-state index is 5.22. The minimum absolute atomic E-state index is 0.733. The van der Waals surface area contributed by atoms with Crippen LogP contribution in [-0.4, -0.2) is 6.61 Å². The van der Waals surface area contributed by atoms with E-state index in [1.807, 2.05) is 25.1 Å². The first-order chi connectivity index (χ1) is 19.8. The normalized spacial score (nSPS) is 5.28. The molecule has 0 aliphatic heterocycles. The van der Waals surface area contributed by atoms with Gasteiger partial charge in [-0.15, -0.1) is 12.8 Å². The maximum absolute atomic E-state index is 5.22. The molecule has 176 valence electrons. The summed E-state index contributed by atoms with van der Waals surface area (Å²) in [4.78, 5) is 0. The molecule has 0 heterocycles. The number of hydrogen-bond acceptors (Lipinski definition) is 1. The van der Waals surface area contributed by atoms with Gasteiger partial charge in [0, 0.05) is 77.7 Å². The number of benzene rings is 1. The van der Waals surface area contributed by atoms with Crippen LogP contribution in [0.3, 0.4) is 0 Å². The van der Waals surface area contributed by atoms with Crippen LogP contribution >= 0.6 is 0 Å². The van der Waals surface area contributed by atoms with Crippen LogP contribution in [0.1, 0.15) is 12.5 Å². The minimum Gasteiger partial charge on any atom is -0.377 e. The quantitative estimate of drug-likeness (QED) is 0.583. The third-order valence-corrected chi connectivity index (χ3v) is 3.02. The van der Waals surface area contributed by atoms with Crippen molar-refractivity contribution in [1.82, 2.24) is 0 Å². The molecule has 0 unspecified atom stereocenters. The Morgan fingerprint density at radius 3 is 0.900 bits per heavy atom. The van der Waals surface area contributed by atoms with E-state index < -0.39 is 0 Å². The van der Waals surface area contributed by atoms with Crippen molar-refractivity contribution in [3.63, 3.8) is 0 Å². The van der Waals surface area contributed by atoms with Crippen LogP contribution in [-0.2, 0) is 11.3 Å². The summed E-state index contributed by atoms with van der Waals surface area (Å²) in [5, 5.41) is 0. The van der Waals surface area contributed by atoms with Crippen LogP contribution in [0.15, 0.2) is 30.3 Å². The Balaban J connectivity index is 0.00000126. The van der Waals surface area contributed by atoms with Crippen molar-refractivity contribution in [2.45, 2.75) is 13.5 Å². The van der Waals surface area contributed by atoms with E-state index in [9.17, 15) is 0 Å². The van der Waals surface area contributed by atoms with Crippen molar-refractivity contribution in [2.75, 3.05) is 6.61 Å². The lowest BCUT2D eigenvalue weighted by atomic mass is 10.2. The summed E-state index contributed by atoms with van der Waals surface area (Å²) >= 11 is 0. The first kappa shape index (κ1) is 32.6. The van der Waals surface area contributed by atoms with Crippen molar-refractivity contribution in [2.24, 2.45) is 0 Å². The number of ether oxygens (including phenoxy) is 1. The summed E-state index contributed by atoms with van der Waals surface area (Å²) in [6.45, 7) is 3.52. The lowest BCUT2D eigenvalue weighted by molar-refractivity contribution is 0.134. The Morgan fingerprint density at radius 1 is 0.425 bits per heavy atom. The molecule has 0 aliphatic carbocycles. The van der Waals surface area contributed by atoms with Crippen LogP contribution < -0.4 is 0 Å². The van der Waals surface area contributed by atoms with Gasteiger partial charge in [0.15, 0.2) is 0 Å². The summed E-state index contributed by atoms with van der Waals surface area (Å²) in [6.07, 6.45) is 9.83. The molecule has 0 N–H and O–H groups in total. The van der Waals surface area contributed by atoms with E-state index in [4.69, 9.17) is 17.6 Å². The molecule has 0 aromatic heterocycles. The molecule has 0 atom stereocenters. The standard InChI is InChI=1S/C30H2.C9H12O/c1-3-5-7-9-11-13-15-17-19-21-23-25-27-29-30-28-26-24-22-20-18-16-14-12-10-8-6-4-2;1-2-10-8-9-6-4-3-5-7-9/h1-2H;3-7H,2,8H2,1H3. The van der Waals surface area contributed by atoms with Gasteiger partial charge in [0.05, 0.1) is 6.61 Å². The molecule has 0 saturated carbocycles. The highest BCUT2D eigenvalue weighted by Gasteiger charge is 1.86. The smallest absolute Gasteiger partial charge is 0.0716 e. The third kappa shape index (κ3) is 26.8. The lowest BCUT2D eigenvalue weighted by Crippen LogP contribution is -1.90. The molecule has 0 saturated heterocycles. The molecule has 40 heavy (non-hydrogen) atoms. The molecule has 0 bridgehead atoms. The topological polar surface area (TPSA) is 9.23 Å². The van der Waals surface area contributed by atoms with Gasteiger partial charge < -0.3 is 4.74 Å². The lowest BCUT2D eigenvalue weighted by Gasteiger charge is -1.98. The SMILES string of the molecule is C#CC#CC#CC#CC#CC#CC#CC#CC#CC#CC#CC#CC#CC#CC#C.CCOCc1ccccc1. The summed E-state index contributed by atoms with van der Waals surface area (Å²) in [7, 11) is 0. The largest absolute Gasteiger partial charge is 0.377 e. The van der Waals surface area contributed by atoms with E-state index in [0.29, 0.717) is 0 Å². The second kappa shape index (κ2) is 29.6. The molecular formula is C39H14O. The molecule has 1 aromatic rings. The van der Waals surface area contributed by atoms with Gasteiger partial charge in [0.1, 0.15) is 0 Å². The van der Waals surface area contributed by atoms with Gasteiger partial charge >= 0.3 is 0 Å². The molecule has 0 spiro atoms. The van der Waals surface area contributed by atoms with Crippen LogP contribution in [0, 0.1) is 179 Å². The fraction of sp³-hybridized carbons (Fsp3) is 0.0769. The van der Waals surface area contributed by atoms with E-state index in [2.05, 4.69) is 178 Å². The van der Waals surface area contributed by atoms with Crippen LogP contribution in [0.25, 0.3) is 0 Å². The van der Waals surface area contributed by atoms with Crippen molar-refractivity contribution in [1.29, 1.82) is 0 Å². The van der Waals surface area contributed by atoms with Gasteiger partial charge in [-0.05, 0) is 107 Å². The van der Waals surface area contributed by atoms with Gasteiger partial charge in [-0.3, -0.25) is 0 Å². The fourth-order valence-corrected chi connectivity index (χ4v) is 1.62. The van der Waals surface area contributed by atoms with E-state index in [1.165, 1.54) is 5.56 Å². The highest BCUT2D eigenvalue weighted by Crippen LogP contribution is 1.99. The van der Waals surface area contributed by atoms with Gasteiger partial charge in [0.2, 0.25) is 0 Å². The first-order valence-electron chi connectivity index (χ1n) is 10.9. The van der Waals surface area contributed by atoms with Crippen molar-refractivity contribution < 1.29 is 4.74 Å².